The largest absolute Gasteiger partial charge is 0.391 e. The maximum absolute atomic E-state index is 11.4. The number of hydrogen-bond donors (Lipinski definition) is 2. The summed E-state index contributed by atoms with van der Waals surface area (Å²) in [6, 6.07) is 1.81. The second kappa shape index (κ2) is 6.83. The second-order valence-corrected chi connectivity index (χ2v) is 8.11. The lowest BCUT2D eigenvalue weighted by atomic mass is 9.92. The molecule has 2 atom stereocenters. The number of aryl methyl sites for hydroxylation is 1. The Bertz CT molecular complexity index is 801. The molecule has 1 amide bonds. The Morgan fingerprint density at radius 3 is 2.62 bits per heavy atom. The number of nitrogens with zero attached hydrogens (tertiary/aromatic N) is 5. The highest BCUT2D eigenvalue weighted by Crippen LogP contribution is 2.33. The van der Waals surface area contributed by atoms with Crippen molar-refractivity contribution in [3.63, 3.8) is 0 Å². The molecule has 1 saturated carbocycles. The van der Waals surface area contributed by atoms with Gasteiger partial charge in [-0.1, -0.05) is 12.8 Å². The van der Waals surface area contributed by atoms with Gasteiger partial charge in [-0.3, -0.25) is 9.48 Å². The fourth-order valence-electron chi connectivity index (χ4n) is 3.55. The van der Waals surface area contributed by atoms with Gasteiger partial charge in [0.25, 0.3) is 0 Å². The molecule has 3 rings (SSSR count). The van der Waals surface area contributed by atoms with Crippen molar-refractivity contribution in [3.05, 3.63) is 17.6 Å². The molecule has 2 aromatic heterocycles. The summed E-state index contributed by atoms with van der Waals surface area (Å²) in [5.74, 6) is 0.533. The zero-order valence-electron chi connectivity index (χ0n) is 15.9. The maximum atomic E-state index is 11.4. The Kier molecular flexibility index (Phi) is 4.88. The molecule has 0 radical (unpaired) electrons. The van der Waals surface area contributed by atoms with Crippen molar-refractivity contribution in [2.24, 2.45) is 5.73 Å². The lowest BCUT2D eigenvalue weighted by Gasteiger charge is -2.29. The van der Waals surface area contributed by atoms with Crippen LogP contribution >= 0.6 is 0 Å². The SMILES string of the molecule is Cc1cc(-c2nc(CC(N)=O)nn2[C@@H]2CCCC[C@H]2O)n(C(C)(C)C)n1. The van der Waals surface area contributed by atoms with E-state index >= 15 is 0 Å². The van der Waals surface area contributed by atoms with Crippen molar-refractivity contribution in [3.8, 4) is 11.5 Å². The van der Waals surface area contributed by atoms with Crippen LogP contribution in [0, 0.1) is 6.92 Å². The highest BCUT2D eigenvalue weighted by atomic mass is 16.3. The minimum atomic E-state index is -0.474. The van der Waals surface area contributed by atoms with E-state index in [4.69, 9.17) is 5.73 Å². The van der Waals surface area contributed by atoms with Crippen LogP contribution in [0.2, 0.25) is 0 Å². The first-order valence-corrected chi connectivity index (χ1v) is 9.16. The summed E-state index contributed by atoms with van der Waals surface area (Å²) in [4.78, 5) is 16.0. The standard InChI is InChI=1S/C18H28N6O2/c1-11-9-13(24(21-11)18(2,3)4)17-20-16(10-15(19)26)22-23(17)12-7-5-6-8-14(12)25/h9,12,14,25H,5-8,10H2,1-4H3,(H2,19,26)/t12-,14-/m1/s1. The number of hydrogen-bond acceptors (Lipinski definition) is 5. The van der Waals surface area contributed by atoms with Crippen molar-refractivity contribution in [1.29, 1.82) is 0 Å². The Morgan fingerprint density at radius 1 is 1.31 bits per heavy atom. The molecule has 1 fully saturated rings. The molecule has 26 heavy (non-hydrogen) atoms. The summed E-state index contributed by atoms with van der Waals surface area (Å²) in [6.45, 7) is 8.16. The molecule has 3 N–H and O–H groups in total. The molecule has 8 nitrogen and oxygen atoms in total. The predicted octanol–water partition coefficient (Wildman–Crippen LogP) is 1.71. The van der Waals surface area contributed by atoms with E-state index in [1.165, 1.54) is 0 Å². The van der Waals surface area contributed by atoms with E-state index in [0.717, 1.165) is 37.1 Å². The average molecular weight is 360 g/mol. The monoisotopic (exact) mass is 360 g/mol. The molecule has 1 aliphatic rings. The Morgan fingerprint density at radius 2 is 2.00 bits per heavy atom. The number of nitrogens with two attached hydrogens (primary N) is 1. The van der Waals surface area contributed by atoms with Gasteiger partial charge in [0, 0.05) is 0 Å². The third-order valence-corrected chi connectivity index (χ3v) is 4.71. The number of carbonyl (C=O) groups is 1. The number of primary amides is 1. The fourth-order valence-corrected chi connectivity index (χ4v) is 3.55. The minimum Gasteiger partial charge on any atom is -0.391 e. The summed E-state index contributed by atoms with van der Waals surface area (Å²) in [5, 5.41) is 19.7. The van der Waals surface area contributed by atoms with Gasteiger partial charge in [-0.05, 0) is 46.6 Å². The number of aromatic nitrogens is 5. The van der Waals surface area contributed by atoms with Crippen molar-refractivity contribution >= 4 is 5.91 Å². The zero-order valence-corrected chi connectivity index (χ0v) is 15.9. The summed E-state index contributed by atoms with van der Waals surface area (Å²) >= 11 is 0. The predicted molar refractivity (Wildman–Crippen MR) is 97.4 cm³/mol. The number of aliphatic hydroxyl groups excluding tert-OH is 1. The number of rotatable bonds is 4. The van der Waals surface area contributed by atoms with Gasteiger partial charge in [0.05, 0.1) is 29.8 Å². The summed E-state index contributed by atoms with van der Waals surface area (Å²) in [7, 11) is 0. The van der Waals surface area contributed by atoms with Crippen LogP contribution in [-0.4, -0.2) is 41.7 Å². The molecular formula is C18H28N6O2. The first kappa shape index (κ1) is 18.6. The molecule has 8 heteroatoms. The Hall–Kier alpha value is -2.22. The Labute approximate surface area is 153 Å². The molecule has 0 aromatic carbocycles. The van der Waals surface area contributed by atoms with Crippen LogP contribution in [0.25, 0.3) is 11.5 Å². The van der Waals surface area contributed by atoms with Crippen LogP contribution in [0.1, 0.15) is 64.0 Å². The van der Waals surface area contributed by atoms with Gasteiger partial charge < -0.3 is 10.8 Å². The van der Waals surface area contributed by atoms with Gasteiger partial charge in [0.2, 0.25) is 5.91 Å². The van der Waals surface area contributed by atoms with Crippen molar-refractivity contribution in [2.45, 2.75) is 77.5 Å². The molecule has 142 valence electrons. The fraction of sp³-hybridized carbons (Fsp3) is 0.667. The zero-order chi connectivity index (χ0) is 19.1. The summed E-state index contributed by atoms with van der Waals surface area (Å²) < 4.78 is 3.70. The summed E-state index contributed by atoms with van der Waals surface area (Å²) in [5.41, 5.74) is 6.81. The molecule has 0 unspecified atom stereocenters. The van der Waals surface area contributed by atoms with Crippen LogP contribution in [0.15, 0.2) is 6.07 Å². The third kappa shape index (κ3) is 3.65. The number of carbonyl (C=O) groups excluding carboxylic acids is 1. The molecule has 2 heterocycles. The first-order chi connectivity index (χ1) is 12.2. The van der Waals surface area contributed by atoms with Gasteiger partial charge in [-0.25, -0.2) is 9.67 Å². The van der Waals surface area contributed by atoms with Crippen molar-refractivity contribution in [1.82, 2.24) is 24.5 Å². The van der Waals surface area contributed by atoms with Gasteiger partial charge in [-0.15, -0.1) is 0 Å². The van der Waals surface area contributed by atoms with Gasteiger partial charge in [-0.2, -0.15) is 10.2 Å². The average Bonchev–Trinajstić information content (AvgIpc) is 3.10. The van der Waals surface area contributed by atoms with E-state index in [0.29, 0.717) is 11.6 Å². The molecule has 2 aromatic rings. The van der Waals surface area contributed by atoms with Crippen LogP contribution in [-0.2, 0) is 16.8 Å². The lowest BCUT2D eigenvalue weighted by Crippen LogP contribution is -2.30. The molecule has 0 saturated heterocycles. The molecular weight excluding hydrogens is 332 g/mol. The van der Waals surface area contributed by atoms with Crippen molar-refractivity contribution in [2.75, 3.05) is 0 Å². The molecule has 0 bridgehead atoms. The van der Waals surface area contributed by atoms with Gasteiger partial charge >= 0.3 is 0 Å². The Balaban J connectivity index is 2.14. The van der Waals surface area contributed by atoms with E-state index in [1.807, 2.05) is 17.7 Å². The third-order valence-electron chi connectivity index (χ3n) is 4.71. The second-order valence-electron chi connectivity index (χ2n) is 8.11. The van der Waals surface area contributed by atoms with Crippen molar-refractivity contribution < 1.29 is 9.90 Å². The van der Waals surface area contributed by atoms with Crippen LogP contribution in [0.5, 0.6) is 0 Å². The van der Waals surface area contributed by atoms with E-state index < -0.39 is 12.0 Å². The van der Waals surface area contributed by atoms with Gasteiger partial charge in [0.15, 0.2) is 11.6 Å². The van der Waals surface area contributed by atoms with Crippen LogP contribution in [0.4, 0.5) is 0 Å². The normalized spacial score (nSPS) is 21.1. The van der Waals surface area contributed by atoms with E-state index in [-0.39, 0.29) is 18.0 Å². The smallest absolute Gasteiger partial charge is 0.225 e. The van der Waals surface area contributed by atoms with E-state index in [9.17, 15) is 9.90 Å². The topological polar surface area (TPSA) is 112 Å². The number of aliphatic hydroxyl groups is 1. The first-order valence-electron chi connectivity index (χ1n) is 9.16. The van der Waals surface area contributed by atoms with Gasteiger partial charge in [0.1, 0.15) is 5.69 Å². The van der Waals surface area contributed by atoms with Crippen LogP contribution < -0.4 is 5.73 Å². The highest BCUT2D eigenvalue weighted by molar-refractivity contribution is 5.75. The molecule has 0 aliphatic heterocycles. The van der Waals surface area contributed by atoms with E-state index in [2.05, 4.69) is 36.0 Å². The summed E-state index contributed by atoms with van der Waals surface area (Å²) in [6.07, 6.45) is 3.12. The van der Waals surface area contributed by atoms with E-state index in [1.54, 1.807) is 4.68 Å². The van der Waals surface area contributed by atoms with Crippen LogP contribution in [0.3, 0.4) is 0 Å². The number of amides is 1. The lowest BCUT2D eigenvalue weighted by molar-refractivity contribution is -0.117. The molecule has 1 aliphatic carbocycles. The minimum absolute atomic E-state index is 0.0224. The maximum Gasteiger partial charge on any atom is 0.225 e. The quantitative estimate of drug-likeness (QED) is 0.862. The molecule has 0 spiro atoms. The highest BCUT2D eigenvalue weighted by Gasteiger charge is 2.31.